The van der Waals surface area contributed by atoms with Crippen molar-refractivity contribution in [1.29, 1.82) is 0 Å². The van der Waals surface area contributed by atoms with Crippen LogP contribution >= 0.6 is 15.9 Å². The molecule has 2 aromatic rings. The fourth-order valence-electron chi connectivity index (χ4n) is 2.25. The molecule has 0 aliphatic rings. The van der Waals surface area contributed by atoms with E-state index in [1.54, 1.807) is 18.2 Å². The van der Waals surface area contributed by atoms with Crippen LogP contribution in [0, 0.1) is 0 Å². The van der Waals surface area contributed by atoms with Gasteiger partial charge in [0.2, 0.25) is 0 Å². The van der Waals surface area contributed by atoms with Crippen molar-refractivity contribution in [2.24, 2.45) is 0 Å². The SMILES string of the molecule is CCC(C)(C)c1ccc(OCc2ccccc2C(=O)O)c(Br)c1. The van der Waals surface area contributed by atoms with Crippen LogP contribution in [0.25, 0.3) is 0 Å². The molecule has 3 nitrogen and oxygen atoms in total. The monoisotopic (exact) mass is 376 g/mol. The molecule has 0 atom stereocenters. The lowest BCUT2D eigenvalue weighted by Crippen LogP contribution is -2.15. The number of carboxylic acids is 1. The molecular formula is C19H21BrO3. The first-order chi connectivity index (χ1) is 10.8. The van der Waals surface area contributed by atoms with Crippen LogP contribution in [0.2, 0.25) is 0 Å². The van der Waals surface area contributed by atoms with Crippen molar-refractivity contribution < 1.29 is 14.6 Å². The fraction of sp³-hybridized carbons (Fsp3) is 0.316. The highest BCUT2D eigenvalue weighted by Crippen LogP contribution is 2.33. The Morgan fingerprint density at radius 1 is 1.22 bits per heavy atom. The highest BCUT2D eigenvalue weighted by Gasteiger charge is 2.19. The van der Waals surface area contributed by atoms with Gasteiger partial charge in [-0.25, -0.2) is 4.79 Å². The minimum atomic E-state index is -0.941. The van der Waals surface area contributed by atoms with Gasteiger partial charge in [-0.05, 0) is 51.5 Å². The molecule has 2 aromatic carbocycles. The summed E-state index contributed by atoms with van der Waals surface area (Å²) >= 11 is 3.55. The maximum Gasteiger partial charge on any atom is 0.336 e. The first kappa shape index (κ1) is 17.5. The summed E-state index contributed by atoms with van der Waals surface area (Å²) in [5.74, 6) is -0.232. The number of carbonyl (C=O) groups is 1. The third-order valence-corrected chi connectivity index (χ3v) is 4.85. The van der Waals surface area contributed by atoms with Crippen molar-refractivity contribution in [2.75, 3.05) is 0 Å². The molecule has 4 heteroatoms. The Morgan fingerprint density at radius 2 is 1.91 bits per heavy atom. The third kappa shape index (κ3) is 4.14. The summed E-state index contributed by atoms with van der Waals surface area (Å²) in [6, 6.07) is 12.9. The van der Waals surface area contributed by atoms with Crippen LogP contribution in [0.4, 0.5) is 0 Å². The number of halogens is 1. The predicted molar refractivity (Wildman–Crippen MR) is 95.2 cm³/mol. The number of ether oxygens (including phenoxy) is 1. The molecule has 0 radical (unpaired) electrons. The Kier molecular flexibility index (Phi) is 5.47. The molecule has 0 aliphatic heterocycles. The quantitative estimate of drug-likeness (QED) is 0.732. The average Bonchev–Trinajstić information content (AvgIpc) is 2.53. The molecule has 0 saturated heterocycles. The number of rotatable bonds is 6. The maximum atomic E-state index is 11.2. The highest BCUT2D eigenvalue weighted by atomic mass is 79.9. The third-order valence-electron chi connectivity index (χ3n) is 4.23. The van der Waals surface area contributed by atoms with Gasteiger partial charge in [0.1, 0.15) is 12.4 Å². The van der Waals surface area contributed by atoms with E-state index in [0.29, 0.717) is 11.3 Å². The molecule has 23 heavy (non-hydrogen) atoms. The summed E-state index contributed by atoms with van der Waals surface area (Å²) in [6.45, 7) is 6.80. The van der Waals surface area contributed by atoms with E-state index in [1.165, 1.54) is 5.56 Å². The van der Waals surface area contributed by atoms with Gasteiger partial charge in [-0.2, -0.15) is 0 Å². The summed E-state index contributed by atoms with van der Waals surface area (Å²) in [7, 11) is 0. The van der Waals surface area contributed by atoms with Crippen LogP contribution in [-0.4, -0.2) is 11.1 Å². The van der Waals surface area contributed by atoms with Crippen molar-refractivity contribution in [2.45, 2.75) is 39.2 Å². The molecule has 0 aliphatic carbocycles. The lowest BCUT2D eigenvalue weighted by molar-refractivity contribution is 0.0694. The van der Waals surface area contributed by atoms with Crippen molar-refractivity contribution in [1.82, 2.24) is 0 Å². The smallest absolute Gasteiger partial charge is 0.336 e. The number of aromatic carboxylic acids is 1. The predicted octanol–water partition coefficient (Wildman–Crippen LogP) is 5.41. The number of benzene rings is 2. The lowest BCUT2D eigenvalue weighted by Gasteiger charge is -2.24. The second kappa shape index (κ2) is 7.18. The van der Waals surface area contributed by atoms with E-state index in [9.17, 15) is 9.90 Å². The minimum absolute atomic E-state index is 0.108. The summed E-state index contributed by atoms with van der Waals surface area (Å²) in [5.41, 5.74) is 2.28. The summed E-state index contributed by atoms with van der Waals surface area (Å²) in [4.78, 5) is 11.2. The van der Waals surface area contributed by atoms with E-state index in [2.05, 4.69) is 48.8 Å². The van der Waals surface area contributed by atoms with E-state index < -0.39 is 5.97 Å². The molecule has 0 aromatic heterocycles. The second-order valence-corrected chi connectivity index (χ2v) is 6.99. The van der Waals surface area contributed by atoms with Gasteiger partial charge in [-0.15, -0.1) is 0 Å². The molecule has 0 saturated carbocycles. The van der Waals surface area contributed by atoms with E-state index in [1.807, 2.05) is 12.1 Å². The van der Waals surface area contributed by atoms with Crippen LogP contribution in [-0.2, 0) is 12.0 Å². The van der Waals surface area contributed by atoms with Gasteiger partial charge in [-0.1, -0.05) is 45.0 Å². The summed E-state index contributed by atoms with van der Waals surface area (Å²) in [5, 5.41) is 9.21. The zero-order valence-electron chi connectivity index (χ0n) is 13.6. The fourth-order valence-corrected chi connectivity index (χ4v) is 2.75. The van der Waals surface area contributed by atoms with Crippen molar-refractivity contribution in [3.05, 3.63) is 63.6 Å². The zero-order valence-corrected chi connectivity index (χ0v) is 15.2. The van der Waals surface area contributed by atoms with Crippen LogP contribution in [0.5, 0.6) is 5.75 Å². The number of carboxylic acid groups (broad SMARTS) is 1. The van der Waals surface area contributed by atoms with Crippen LogP contribution in [0.1, 0.15) is 48.7 Å². The lowest BCUT2D eigenvalue weighted by atomic mass is 9.82. The molecule has 2 rings (SSSR count). The zero-order chi connectivity index (χ0) is 17.0. The topological polar surface area (TPSA) is 46.5 Å². The van der Waals surface area contributed by atoms with Crippen LogP contribution < -0.4 is 4.74 Å². The molecule has 0 spiro atoms. The summed E-state index contributed by atoms with van der Waals surface area (Å²) in [6.07, 6.45) is 1.05. The molecule has 1 N–H and O–H groups in total. The molecular weight excluding hydrogens is 356 g/mol. The van der Waals surface area contributed by atoms with Gasteiger partial charge >= 0.3 is 5.97 Å². The Labute approximate surface area is 145 Å². The van der Waals surface area contributed by atoms with Gasteiger partial charge in [0.15, 0.2) is 0 Å². The van der Waals surface area contributed by atoms with Gasteiger partial charge in [-0.3, -0.25) is 0 Å². The molecule has 0 bridgehead atoms. The van der Waals surface area contributed by atoms with Gasteiger partial charge in [0.25, 0.3) is 0 Å². The van der Waals surface area contributed by atoms with Crippen LogP contribution in [0.3, 0.4) is 0 Å². The number of hydrogen-bond acceptors (Lipinski definition) is 2. The van der Waals surface area contributed by atoms with Crippen molar-refractivity contribution in [3.63, 3.8) is 0 Å². The molecule has 0 amide bonds. The molecule has 0 unspecified atom stereocenters. The first-order valence-corrected chi connectivity index (χ1v) is 8.38. The van der Waals surface area contributed by atoms with E-state index in [4.69, 9.17) is 4.74 Å². The average molecular weight is 377 g/mol. The normalized spacial score (nSPS) is 11.3. The largest absolute Gasteiger partial charge is 0.488 e. The van der Waals surface area contributed by atoms with E-state index in [-0.39, 0.29) is 17.6 Å². The minimum Gasteiger partial charge on any atom is -0.488 e. The van der Waals surface area contributed by atoms with Crippen molar-refractivity contribution >= 4 is 21.9 Å². The van der Waals surface area contributed by atoms with E-state index in [0.717, 1.165) is 10.9 Å². The molecule has 0 fully saturated rings. The second-order valence-electron chi connectivity index (χ2n) is 6.13. The van der Waals surface area contributed by atoms with E-state index >= 15 is 0 Å². The van der Waals surface area contributed by atoms with Gasteiger partial charge in [0, 0.05) is 5.56 Å². The Bertz CT molecular complexity index is 708. The Morgan fingerprint density at radius 3 is 2.52 bits per heavy atom. The highest BCUT2D eigenvalue weighted by molar-refractivity contribution is 9.10. The van der Waals surface area contributed by atoms with Crippen molar-refractivity contribution in [3.8, 4) is 5.75 Å². The Hall–Kier alpha value is -1.81. The standard InChI is InChI=1S/C19H21BrO3/c1-4-19(2,3)14-9-10-17(16(20)11-14)23-12-13-7-5-6-8-15(13)18(21)22/h5-11H,4,12H2,1-3H3,(H,21,22). The number of hydrogen-bond donors (Lipinski definition) is 1. The maximum absolute atomic E-state index is 11.2. The molecule has 0 heterocycles. The Balaban J connectivity index is 2.18. The van der Waals surface area contributed by atoms with Crippen LogP contribution in [0.15, 0.2) is 46.9 Å². The van der Waals surface area contributed by atoms with Gasteiger partial charge < -0.3 is 9.84 Å². The van der Waals surface area contributed by atoms with Gasteiger partial charge in [0.05, 0.1) is 10.0 Å². The first-order valence-electron chi connectivity index (χ1n) is 7.59. The summed E-state index contributed by atoms with van der Waals surface area (Å²) < 4.78 is 6.68. The molecule has 122 valence electrons.